The molecule has 0 aliphatic heterocycles. The van der Waals surface area contributed by atoms with Crippen LogP contribution in [0.1, 0.15) is 13.8 Å². The molecular weight excluding hydrogens is 118 g/mol. The Morgan fingerprint density at radius 1 is 1.67 bits per heavy atom. The third-order valence-electron chi connectivity index (χ3n) is 0.686. The number of amides is 1. The number of hydrazine groups is 1. The van der Waals surface area contributed by atoms with Crippen LogP contribution in [0.2, 0.25) is 0 Å². The van der Waals surface area contributed by atoms with Gasteiger partial charge in [-0.1, -0.05) is 0 Å². The summed E-state index contributed by atoms with van der Waals surface area (Å²) in [5.41, 5.74) is 10.1. The summed E-state index contributed by atoms with van der Waals surface area (Å²) < 4.78 is 0. The van der Waals surface area contributed by atoms with Crippen LogP contribution in [-0.2, 0) is 4.79 Å². The predicted molar refractivity (Wildman–Crippen MR) is 35.5 cm³/mol. The Labute approximate surface area is 54.8 Å². The van der Waals surface area contributed by atoms with Gasteiger partial charge in [0.1, 0.15) is 0 Å². The van der Waals surface area contributed by atoms with Gasteiger partial charge in [-0.3, -0.25) is 10.2 Å². The maximum atomic E-state index is 10.4. The third kappa shape index (κ3) is 5.26. The van der Waals surface area contributed by atoms with Gasteiger partial charge in [0.2, 0.25) is 5.91 Å². The van der Waals surface area contributed by atoms with Crippen molar-refractivity contribution in [3.8, 4) is 0 Å². The molecule has 0 aliphatic rings. The molecule has 4 N–H and O–H groups in total. The van der Waals surface area contributed by atoms with Gasteiger partial charge in [0.05, 0.1) is 6.54 Å². The van der Waals surface area contributed by atoms with Crippen LogP contribution in [0.5, 0.6) is 0 Å². The molecule has 0 aliphatic carbocycles. The fraction of sp³-hybridized carbons (Fsp3) is 0.800. The molecule has 0 aromatic rings. The highest BCUT2D eigenvalue weighted by Crippen LogP contribution is 1.69. The van der Waals surface area contributed by atoms with E-state index >= 15 is 0 Å². The molecule has 4 nitrogen and oxygen atoms in total. The van der Waals surface area contributed by atoms with E-state index in [4.69, 9.17) is 5.73 Å². The highest BCUT2D eigenvalue weighted by atomic mass is 16.2. The van der Waals surface area contributed by atoms with Gasteiger partial charge in [-0.15, -0.1) is 0 Å². The van der Waals surface area contributed by atoms with Gasteiger partial charge in [0, 0.05) is 6.04 Å². The molecule has 0 radical (unpaired) electrons. The zero-order valence-corrected chi connectivity index (χ0v) is 5.77. The Morgan fingerprint density at radius 2 is 2.22 bits per heavy atom. The van der Waals surface area contributed by atoms with Crippen molar-refractivity contribution in [3.63, 3.8) is 0 Å². The summed E-state index contributed by atoms with van der Waals surface area (Å²) in [5.74, 6) is -0.191. The molecule has 0 saturated heterocycles. The smallest absolute Gasteiger partial charge is 0.247 e. The maximum absolute atomic E-state index is 10.4. The summed E-state index contributed by atoms with van der Waals surface area (Å²) in [6, 6.07) is 0.250. The number of rotatable bonds is 3. The largest absolute Gasteiger partial charge is 0.322 e. The number of carbonyl (C=O) groups excluding carboxylic acids is 1. The fourth-order valence-electron chi connectivity index (χ4n) is 0.276. The Kier molecular flexibility index (Phi) is 4.00. The van der Waals surface area contributed by atoms with Gasteiger partial charge in [-0.05, 0) is 13.8 Å². The molecule has 0 aromatic heterocycles. The SMILES string of the molecule is CC(C)NNC(=O)CN. The lowest BCUT2D eigenvalue weighted by atomic mass is 10.4. The Bertz CT molecular complexity index is 92.2. The second-order valence-electron chi connectivity index (χ2n) is 2.05. The summed E-state index contributed by atoms with van der Waals surface area (Å²) in [4.78, 5) is 10.4. The van der Waals surface area contributed by atoms with Crippen molar-refractivity contribution in [1.82, 2.24) is 10.9 Å². The molecule has 0 atom stereocenters. The minimum atomic E-state index is -0.191. The lowest BCUT2D eigenvalue weighted by Gasteiger charge is -2.07. The molecule has 4 heteroatoms. The van der Waals surface area contributed by atoms with Crippen LogP contribution < -0.4 is 16.6 Å². The lowest BCUT2D eigenvalue weighted by molar-refractivity contribution is -0.120. The van der Waals surface area contributed by atoms with Gasteiger partial charge in [-0.25, -0.2) is 5.43 Å². The Hall–Kier alpha value is -0.610. The summed E-state index contributed by atoms with van der Waals surface area (Å²) >= 11 is 0. The van der Waals surface area contributed by atoms with Crippen molar-refractivity contribution in [2.45, 2.75) is 19.9 Å². The highest BCUT2D eigenvalue weighted by Gasteiger charge is 1.95. The molecule has 0 heterocycles. The molecule has 54 valence electrons. The molecule has 0 bridgehead atoms. The minimum absolute atomic E-state index is 0.0275. The number of nitrogens with one attached hydrogen (secondary N) is 2. The lowest BCUT2D eigenvalue weighted by Crippen LogP contribution is -2.44. The highest BCUT2D eigenvalue weighted by molar-refractivity contribution is 5.77. The van der Waals surface area contributed by atoms with Crippen LogP contribution in [0, 0.1) is 0 Å². The van der Waals surface area contributed by atoms with Crippen molar-refractivity contribution in [1.29, 1.82) is 0 Å². The summed E-state index contributed by atoms with van der Waals surface area (Å²) in [5, 5.41) is 0. The van der Waals surface area contributed by atoms with Crippen LogP contribution in [-0.4, -0.2) is 18.5 Å². The topological polar surface area (TPSA) is 67.1 Å². The second kappa shape index (κ2) is 4.29. The van der Waals surface area contributed by atoms with Gasteiger partial charge >= 0.3 is 0 Å². The summed E-state index contributed by atoms with van der Waals surface area (Å²) in [6.07, 6.45) is 0. The molecule has 0 unspecified atom stereocenters. The van der Waals surface area contributed by atoms with Crippen LogP contribution in [0.4, 0.5) is 0 Å². The molecule has 0 rings (SSSR count). The first kappa shape index (κ1) is 8.39. The van der Waals surface area contributed by atoms with E-state index in [1.54, 1.807) is 0 Å². The quantitative estimate of drug-likeness (QED) is 0.429. The third-order valence-corrected chi connectivity index (χ3v) is 0.686. The van der Waals surface area contributed by atoms with E-state index < -0.39 is 0 Å². The van der Waals surface area contributed by atoms with Gasteiger partial charge < -0.3 is 5.73 Å². The fourth-order valence-corrected chi connectivity index (χ4v) is 0.276. The summed E-state index contributed by atoms with van der Waals surface area (Å²) in [6.45, 7) is 3.88. The van der Waals surface area contributed by atoms with Crippen LogP contribution in [0.3, 0.4) is 0 Å². The zero-order valence-electron chi connectivity index (χ0n) is 5.77. The van der Waals surface area contributed by atoms with Gasteiger partial charge in [0.25, 0.3) is 0 Å². The van der Waals surface area contributed by atoms with Crippen molar-refractivity contribution in [2.24, 2.45) is 5.73 Å². The maximum Gasteiger partial charge on any atom is 0.247 e. The van der Waals surface area contributed by atoms with Crippen LogP contribution in [0.25, 0.3) is 0 Å². The number of carbonyl (C=O) groups is 1. The van der Waals surface area contributed by atoms with E-state index in [0.717, 1.165) is 0 Å². The molecule has 9 heavy (non-hydrogen) atoms. The minimum Gasteiger partial charge on any atom is -0.322 e. The van der Waals surface area contributed by atoms with Crippen molar-refractivity contribution in [2.75, 3.05) is 6.54 Å². The van der Waals surface area contributed by atoms with E-state index in [-0.39, 0.29) is 18.5 Å². The van der Waals surface area contributed by atoms with E-state index in [1.165, 1.54) is 0 Å². The van der Waals surface area contributed by atoms with Crippen molar-refractivity contribution < 1.29 is 4.79 Å². The van der Waals surface area contributed by atoms with Crippen molar-refractivity contribution >= 4 is 5.91 Å². The van der Waals surface area contributed by atoms with Gasteiger partial charge in [0.15, 0.2) is 0 Å². The van der Waals surface area contributed by atoms with Crippen LogP contribution in [0.15, 0.2) is 0 Å². The van der Waals surface area contributed by atoms with E-state index in [2.05, 4.69) is 10.9 Å². The molecular formula is C5H13N3O. The predicted octanol–water partition coefficient (Wildman–Crippen LogP) is -1.03. The number of hydrogen-bond acceptors (Lipinski definition) is 3. The summed E-state index contributed by atoms with van der Waals surface area (Å²) in [7, 11) is 0. The molecule has 0 spiro atoms. The molecule has 0 aromatic carbocycles. The Balaban J connectivity index is 3.17. The molecule has 0 saturated carbocycles. The van der Waals surface area contributed by atoms with Gasteiger partial charge in [-0.2, -0.15) is 0 Å². The Morgan fingerprint density at radius 3 is 2.56 bits per heavy atom. The normalized spacial score (nSPS) is 9.78. The monoisotopic (exact) mass is 131 g/mol. The van der Waals surface area contributed by atoms with Crippen molar-refractivity contribution in [3.05, 3.63) is 0 Å². The van der Waals surface area contributed by atoms with Crippen LogP contribution >= 0.6 is 0 Å². The second-order valence-corrected chi connectivity index (χ2v) is 2.05. The molecule has 1 amide bonds. The zero-order chi connectivity index (χ0) is 7.28. The number of hydrogen-bond donors (Lipinski definition) is 3. The first-order valence-electron chi connectivity index (χ1n) is 2.91. The molecule has 0 fully saturated rings. The van der Waals surface area contributed by atoms with E-state index in [0.29, 0.717) is 0 Å². The number of nitrogens with two attached hydrogens (primary N) is 1. The first-order valence-corrected chi connectivity index (χ1v) is 2.91. The standard InChI is InChI=1S/C5H13N3O/c1-4(2)7-8-5(9)3-6/h4,7H,3,6H2,1-2H3,(H,8,9). The van der Waals surface area contributed by atoms with E-state index in [1.807, 2.05) is 13.8 Å². The average Bonchev–Trinajstić information content (AvgIpc) is 1.83. The first-order chi connectivity index (χ1) is 4.16. The average molecular weight is 131 g/mol. The van der Waals surface area contributed by atoms with E-state index in [9.17, 15) is 4.79 Å².